The van der Waals surface area contributed by atoms with Gasteiger partial charge < -0.3 is 19.9 Å². The molecule has 0 unspecified atom stereocenters. The Hall–Kier alpha value is -3.02. The number of benzene rings is 2. The average Bonchev–Trinajstić information content (AvgIpc) is 2.43. The molecule has 0 aliphatic heterocycles. The molecule has 22 heavy (non-hydrogen) atoms. The predicted molar refractivity (Wildman–Crippen MR) is 80.0 cm³/mol. The zero-order valence-corrected chi connectivity index (χ0v) is 12.2. The van der Waals surface area contributed by atoms with Crippen molar-refractivity contribution in [1.29, 1.82) is 0 Å². The van der Waals surface area contributed by atoms with Gasteiger partial charge in [0.15, 0.2) is 11.5 Å². The Labute approximate surface area is 127 Å². The van der Waals surface area contributed by atoms with E-state index in [2.05, 4.69) is 0 Å². The van der Waals surface area contributed by atoms with E-state index in [0.29, 0.717) is 17.2 Å². The second-order valence-corrected chi connectivity index (χ2v) is 4.47. The number of nitrogens with two attached hydrogens (primary N) is 1. The molecule has 0 saturated heterocycles. The van der Waals surface area contributed by atoms with Crippen LogP contribution in [0.4, 0.5) is 5.69 Å². The Morgan fingerprint density at radius 1 is 0.818 bits per heavy atom. The molecule has 0 saturated carbocycles. The maximum Gasteiger partial charge on any atom is 0.308 e. The lowest BCUT2D eigenvalue weighted by Crippen LogP contribution is -2.07. The molecule has 0 atom stereocenters. The van der Waals surface area contributed by atoms with Crippen LogP contribution in [0.5, 0.6) is 23.0 Å². The smallest absolute Gasteiger partial charge is 0.308 e. The highest BCUT2D eigenvalue weighted by Crippen LogP contribution is 2.34. The van der Waals surface area contributed by atoms with Gasteiger partial charge >= 0.3 is 11.9 Å². The lowest BCUT2D eigenvalue weighted by atomic mass is 10.3. The molecule has 0 aromatic heterocycles. The minimum Gasteiger partial charge on any atom is -0.457 e. The van der Waals surface area contributed by atoms with Crippen molar-refractivity contribution in [2.45, 2.75) is 13.8 Å². The average molecular weight is 301 g/mol. The van der Waals surface area contributed by atoms with Crippen molar-refractivity contribution < 1.29 is 23.8 Å². The normalized spacial score (nSPS) is 9.91. The molecule has 2 N–H and O–H groups in total. The van der Waals surface area contributed by atoms with Gasteiger partial charge in [-0.1, -0.05) is 0 Å². The van der Waals surface area contributed by atoms with Gasteiger partial charge in [0, 0.05) is 25.6 Å². The Bertz CT molecular complexity index is 694. The molecule has 0 heterocycles. The molecular formula is C16H15NO5. The van der Waals surface area contributed by atoms with Crippen LogP contribution in [0.2, 0.25) is 0 Å². The van der Waals surface area contributed by atoms with Gasteiger partial charge in [0.25, 0.3) is 0 Å². The van der Waals surface area contributed by atoms with E-state index in [1.54, 1.807) is 30.3 Å². The molecule has 0 spiro atoms. The third kappa shape index (κ3) is 4.24. The summed E-state index contributed by atoms with van der Waals surface area (Å²) in [4.78, 5) is 22.2. The van der Waals surface area contributed by atoms with Crippen LogP contribution in [0.15, 0.2) is 42.5 Å². The highest BCUT2D eigenvalue weighted by molar-refractivity contribution is 5.74. The molecule has 2 aromatic carbocycles. The van der Waals surface area contributed by atoms with Gasteiger partial charge in [0.1, 0.15) is 11.5 Å². The maximum atomic E-state index is 11.1. The first-order valence-corrected chi connectivity index (χ1v) is 6.48. The minimum absolute atomic E-state index is 0.107. The van der Waals surface area contributed by atoms with Crippen molar-refractivity contribution in [3.8, 4) is 23.0 Å². The first-order valence-electron chi connectivity index (χ1n) is 6.48. The Kier molecular flexibility index (Phi) is 4.63. The number of carbonyl (C=O) groups is 2. The van der Waals surface area contributed by atoms with E-state index < -0.39 is 11.9 Å². The molecule has 114 valence electrons. The van der Waals surface area contributed by atoms with Gasteiger partial charge in [-0.05, 0) is 36.4 Å². The molecule has 0 radical (unpaired) electrons. The Morgan fingerprint density at radius 3 is 1.95 bits per heavy atom. The van der Waals surface area contributed by atoms with Gasteiger partial charge in [-0.3, -0.25) is 9.59 Å². The highest BCUT2D eigenvalue weighted by Gasteiger charge is 2.12. The molecule has 2 rings (SSSR count). The van der Waals surface area contributed by atoms with E-state index >= 15 is 0 Å². The van der Waals surface area contributed by atoms with Crippen LogP contribution in [0, 0.1) is 0 Å². The highest BCUT2D eigenvalue weighted by atomic mass is 16.6. The van der Waals surface area contributed by atoms with E-state index in [9.17, 15) is 9.59 Å². The van der Waals surface area contributed by atoms with Crippen molar-refractivity contribution in [2.75, 3.05) is 5.73 Å². The van der Waals surface area contributed by atoms with E-state index in [4.69, 9.17) is 19.9 Å². The molecule has 0 fully saturated rings. The van der Waals surface area contributed by atoms with Gasteiger partial charge in [0.2, 0.25) is 0 Å². The summed E-state index contributed by atoms with van der Waals surface area (Å²) in [6.45, 7) is 2.52. The molecule has 0 aliphatic carbocycles. The van der Waals surface area contributed by atoms with Crippen LogP contribution in [0.25, 0.3) is 0 Å². The number of ether oxygens (including phenoxy) is 3. The second-order valence-electron chi connectivity index (χ2n) is 4.47. The van der Waals surface area contributed by atoms with Crippen molar-refractivity contribution >= 4 is 17.6 Å². The molecule has 6 heteroatoms. The Morgan fingerprint density at radius 2 is 1.36 bits per heavy atom. The molecule has 6 nitrogen and oxygen atoms in total. The zero-order valence-electron chi connectivity index (χ0n) is 12.2. The van der Waals surface area contributed by atoms with Crippen LogP contribution in [0.1, 0.15) is 13.8 Å². The summed E-state index contributed by atoms with van der Waals surface area (Å²) in [5.41, 5.74) is 6.23. The first-order chi connectivity index (χ1) is 10.4. The monoisotopic (exact) mass is 301 g/mol. The van der Waals surface area contributed by atoms with Crippen LogP contribution in [0.3, 0.4) is 0 Å². The van der Waals surface area contributed by atoms with Gasteiger partial charge in [-0.15, -0.1) is 0 Å². The van der Waals surface area contributed by atoms with Gasteiger partial charge in [-0.2, -0.15) is 0 Å². The number of anilines is 1. The third-order valence-electron chi connectivity index (χ3n) is 2.54. The van der Waals surface area contributed by atoms with Crippen molar-refractivity contribution in [3.05, 3.63) is 42.5 Å². The minimum atomic E-state index is -0.530. The van der Waals surface area contributed by atoms with Crippen molar-refractivity contribution in [2.24, 2.45) is 0 Å². The molecule has 0 amide bonds. The van der Waals surface area contributed by atoms with Crippen LogP contribution < -0.4 is 19.9 Å². The Balaban J connectivity index is 2.26. The fraction of sp³-hybridized carbons (Fsp3) is 0.125. The number of hydrogen-bond donors (Lipinski definition) is 1. The quantitative estimate of drug-likeness (QED) is 0.530. The summed E-state index contributed by atoms with van der Waals surface area (Å²) in [6.07, 6.45) is 0. The van der Waals surface area contributed by atoms with Crippen molar-refractivity contribution in [3.63, 3.8) is 0 Å². The van der Waals surface area contributed by atoms with E-state index in [-0.39, 0.29) is 11.5 Å². The summed E-state index contributed by atoms with van der Waals surface area (Å²) >= 11 is 0. The molecule has 2 aromatic rings. The summed E-state index contributed by atoms with van der Waals surface area (Å²) in [5, 5.41) is 0. The van der Waals surface area contributed by atoms with Crippen LogP contribution >= 0.6 is 0 Å². The van der Waals surface area contributed by atoms with Gasteiger partial charge in [-0.25, -0.2) is 0 Å². The van der Waals surface area contributed by atoms with Crippen molar-refractivity contribution in [1.82, 2.24) is 0 Å². The topological polar surface area (TPSA) is 87.8 Å². The lowest BCUT2D eigenvalue weighted by molar-refractivity contribution is -0.134. The first kappa shape index (κ1) is 15.4. The van der Waals surface area contributed by atoms with E-state index in [0.717, 1.165) is 0 Å². The summed E-state index contributed by atoms with van der Waals surface area (Å²) in [5.74, 6) is 0.210. The maximum absolute atomic E-state index is 11.1. The number of rotatable bonds is 4. The van der Waals surface area contributed by atoms with Gasteiger partial charge in [0.05, 0.1) is 0 Å². The molecule has 0 bridgehead atoms. The lowest BCUT2D eigenvalue weighted by Gasteiger charge is -2.11. The predicted octanol–water partition coefficient (Wildman–Crippen LogP) is 2.91. The SMILES string of the molecule is CC(=O)Oc1ccc(Oc2ccc(N)cc2)cc1OC(C)=O. The van der Waals surface area contributed by atoms with Crippen LogP contribution in [-0.2, 0) is 9.59 Å². The van der Waals surface area contributed by atoms with Crippen LogP contribution in [-0.4, -0.2) is 11.9 Å². The number of esters is 2. The fourth-order valence-electron chi connectivity index (χ4n) is 1.70. The number of nitrogen functional groups attached to an aromatic ring is 1. The standard InChI is InChI=1S/C16H15NO5/c1-10(18)20-15-8-7-14(9-16(15)21-11(2)19)22-13-5-3-12(17)4-6-13/h3-9H,17H2,1-2H3. The zero-order chi connectivity index (χ0) is 16.1. The fourth-order valence-corrected chi connectivity index (χ4v) is 1.70. The van der Waals surface area contributed by atoms with E-state index in [1.807, 2.05) is 0 Å². The summed E-state index contributed by atoms with van der Waals surface area (Å²) in [6, 6.07) is 11.4. The molecule has 0 aliphatic rings. The summed E-state index contributed by atoms with van der Waals surface area (Å²) < 4.78 is 15.6. The number of carbonyl (C=O) groups excluding carboxylic acids is 2. The largest absolute Gasteiger partial charge is 0.457 e. The molecular weight excluding hydrogens is 286 g/mol. The summed E-state index contributed by atoms with van der Waals surface area (Å²) in [7, 11) is 0. The third-order valence-corrected chi connectivity index (χ3v) is 2.54. The number of hydrogen-bond acceptors (Lipinski definition) is 6. The van der Waals surface area contributed by atoms with E-state index in [1.165, 1.54) is 26.0 Å². The second kappa shape index (κ2) is 6.62.